The molecule has 0 bridgehead atoms. The fraction of sp³-hybridized carbons (Fsp3) is 0.833. The van der Waals surface area contributed by atoms with Crippen molar-refractivity contribution in [1.29, 1.82) is 0 Å². The standard InChI is InChI=1S/C12H22N2O3/c1-9(2)4-6-17-7-5-14-10(3)12(16)13-8-11(14)15/h9-10H,4-8H2,1-3H3,(H,13,16). The van der Waals surface area contributed by atoms with Crippen molar-refractivity contribution < 1.29 is 14.3 Å². The fourth-order valence-corrected chi connectivity index (χ4v) is 1.67. The minimum Gasteiger partial charge on any atom is -0.380 e. The van der Waals surface area contributed by atoms with Crippen LogP contribution in [-0.4, -0.2) is 49.1 Å². The molecule has 1 rings (SSSR count). The summed E-state index contributed by atoms with van der Waals surface area (Å²) < 4.78 is 5.45. The zero-order valence-electron chi connectivity index (χ0n) is 10.9. The molecular formula is C12H22N2O3. The van der Waals surface area contributed by atoms with Gasteiger partial charge in [-0.25, -0.2) is 0 Å². The topological polar surface area (TPSA) is 58.6 Å². The molecule has 98 valence electrons. The predicted molar refractivity (Wildman–Crippen MR) is 64.5 cm³/mol. The van der Waals surface area contributed by atoms with Gasteiger partial charge in [-0.2, -0.15) is 0 Å². The van der Waals surface area contributed by atoms with E-state index in [-0.39, 0.29) is 24.4 Å². The summed E-state index contributed by atoms with van der Waals surface area (Å²) in [6.07, 6.45) is 1.02. The molecular weight excluding hydrogens is 220 g/mol. The minimum atomic E-state index is -0.384. The van der Waals surface area contributed by atoms with Crippen LogP contribution < -0.4 is 5.32 Å². The number of nitrogens with one attached hydrogen (secondary N) is 1. The lowest BCUT2D eigenvalue weighted by Gasteiger charge is -2.32. The highest BCUT2D eigenvalue weighted by molar-refractivity contribution is 5.94. The van der Waals surface area contributed by atoms with Crippen LogP contribution in [0, 0.1) is 5.92 Å². The Morgan fingerprint density at radius 2 is 2.12 bits per heavy atom. The Morgan fingerprint density at radius 3 is 2.76 bits per heavy atom. The average Bonchev–Trinajstić information content (AvgIpc) is 2.27. The molecule has 5 heteroatoms. The van der Waals surface area contributed by atoms with Crippen LogP contribution in [0.3, 0.4) is 0 Å². The van der Waals surface area contributed by atoms with Gasteiger partial charge in [-0.1, -0.05) is 13.8 Å². The van der Waals surface area contributed by atoms with E-state index in [4.69, 9.17) is 4.74 Å². The summed E-state index contributed by atoms with van der Waals surface area (Å²) in [5, 5.41) is 2.56. The van der Waals surface area contributed by atoms with E-state index in [1.165, 1.54) is 0 Å². The highest BCUT2D eigenvalue weighted by atomic mass is 16.5. The summed E-state index contributed by atoms with van der Waals surface area (Å²) in [5.74, 6) is 0.493. The van der Waals surface area contributed by atoms with Crippen molar-refractivity contribution in [3.05, 3.63) is 0 Å². The Labute approximate surface area is 102 Å². The highest BCUT2D eigenvalue weighted by Gasteiger charge is 2.30. The molecule has 1 aliphatic heterocycles. The van der Waals surface area contributed by atoms with Crippen molar-refractivity contribution in [2.45, 2.75) is 33.2 Å². The van der Waals surface area contributed by atoms with Crippen LogP contribution in [0.1, 0.15) is 27.2 Å². The van der Waals surface area contributed by atoms with Gasteiger partial charge in [-0.3, -0.25) is 9.59 Å². The molecule has 0 aromatic rings. The molecule has 0 radical (unpaired) electrons. The first-order chi connectivity index (χ1) is 8.02. The van der Waals surface area contributed by atoms with Gasteiger partial charge in [0.15, 0.2) is 0 Å². The molecule has 0 aromatic heterocycles. The third kappa shape index (κ3) is 4.34. The SMILES string of the molecule is CC(C)CCOCCN1C(=O)CNC(=O)C1C. The molecule has 0 saturated carbocycles. The van der Waals surface area contributed by atoms with Gasteiger partial charge in [-0.05, 0) is 19.3 Å². The van der Waals surface area contributed by atoms with Crippen molar-refractivity contribution in [2.75, 3.05) is 26.3 Å². The number of nitrogens with zero attached hydrogens (tertiary/aromatic N) is 1. The molecule has 0 spiro atoms. The van der Waals surface area contributed by atoms with Crippen LogP contribution >= 0.6 is 0 Å². The normalized spacial score (nSPS) is 20.9. The number of carbonyl (C=O) groups is 2. The Balaban J connectivity index is 2.24. The van der Waals surface area contributed by atoms with Crippen molar-refractivity contribution in [1.82, 2.24) is 10.2 Å². The van der Waals surface area contributed by atoms with Crippen LogP contribution in [0.4, 0.5) is 0 Å². The molecule has 1 heterocycles. The third-order valence-electron chi connectivity index (χ3n) is 2.90. The van der Waals surface area contributed by atoms with Crippen LogP contribution in [-0.2, 0) is 14.3 Å². The number of carbonyl (C=O) groups excluding carboxylic acids is 2. The molecule has 5 nitrogen and oxygen atoms in total. The van der Waals surface area contributed by atoms with Gasteiger partial charge in [0.1, 0.15) is 6.04 Å². The van der Waals surface area contributed by atoms with E-state index in [1.807, 2.05) is 0 Å². The number of ether oxygens (including phenoxy) is 1. The first-order valence-corrected chi connectivity index (χ1v) is 6.17. The van der Waals surface area contributed by atoms with Crippen LogP contribution in [0.2, 0.25) is 0 Å². The van der Waals surface area contributed by atoms with E-state index in [1.54, 1.807) is 11.8 Å². The second kappa shape index (κ2) is 6.59. The summed E-state index contributed by atoms with van der Waals surface area (Å²) >= 11 is 0. The maximum absolute atomic E-state index is 11.6. The second-order valence-corrected chi connectivity index (χ2v) is 4.78. The van der Waals surface area contributed by atoms with Gasteiger partial charge in [-0.15, -0.1) is 0 Å². The van der Waals surface area contributed by atoms with Gasteiger partial charge in [0, 0.05) is 13.2 Å². The first-order valence-electron chi connectivity index (χ1n) is 6.17. The van der Waals surface area contributed by atoms with Crippen molar-refractivity contribution in [2.24, 2.45) is 5.92 Å². The molecule has 1 N–H and O–H groups in total. The Hall–Kier alpha value is -1.10. The second-order valence-electron chi connectivity index (χ2n) is 4.78. The average molecular weight is 242 g/mol. The number of piperazine rings is 1. The highest BCUT2D eigenvalue weighted by Crippen LogP contribution is 2.05. The lowest BCUT2D eigenvalue weighted by molar-refractivity contribution is -0.145. The van der Waals surface area contributed by atoms with Gasteiger partial charge < -0.3 is 15.0 Å². The predicted octanol–water partition coefficient (Wildman–Crippen LogP) is 0.396. The zero-order valence-corrected chi connectivity index (χ0v) is 10.9. The van der Waals surface area contributed by atoms with Gasteiger partial charge in [0.25, 0.3) is 0 Å². The van der Waals surface area contributed by atoms with E-state index < -0.39 is 0 Å². The third-order valence-corrected chi connectivity index (χ3v) is 2.90. The maximum atomic E-state index is 11.6. The van der Waals surface area contributed by atoms with Gasteiger partial charge in [0.05, 0.1) is 13.2 Å². The molecule has 17 heavy (non-hydrogen) atoms. The first kappa shape index (κ1) is 14.0. The van der Waals surface area contributed by atoms with E-state index in [2.05, 4.69) is 19.2 Å². The Kier molecular flexibility index (Phi) is 5.41. The smallest absolute Gasteiger partial charge is 0.242 e. The quantitative estimate of drug-likeness (QED) is 0.686. The van der Waals surface area contributed by atoms with Crippen LogP contribution in [0.5, 0.6) is 0 Å². The lowest BCUT2D eigenvalue weighted by atomic mass is 10.1. The van der Waals surface area contributed by atoms with E-state index >= 15 is 0 Å². The molecule has 1 saturated heterocycles. The Morgan fingerprint density at radius 1 is 1.41 bits per heavy atom. The number of amides is 2. The summed E-state index contributed by atoms with van der Waals surface area (Å²) in [6.45, 7) is 7.82. The molecule has 1 aliphatic rings. The lowest BCUT2D eigenvalue weighted by Crippen LogP contribution is -2.57. The summed E-state index contributed by atoms with van der Waals surface area (Å²) in [4.78, 5) is 24.5. The largest absolute Gasteiger partial charge is 0.380 e. The molecule has 1 unspecified atom stereocenters. The van der Waals surface area contributed by atoms with Crippen LogP contribution in [0.25, 0.3) is 0 Å². The monoisotopic (exact) mass is 242 g/mol. The zero-order chi connectivity index (χ0) is 12.8. The summed E-state index contributed by atoms with van der Waals surface area (Å²) in [7, 11) is 0. The number of rotatable bonds is 6. The molecule has 1 atom stereocenters. The number of hydrogen-bond acceptors (Lipinski definition) is 3. The fourth-order valence-electron chi connectivity index (χ4n) is 1.67. The molecule has 1 fully saturated rings. The van der Waals surface area contributed by atoms with Crippen LogP contribution in [0.15, 0.2) is 0 Å². The summed E-state index contributed by atoms with van der Waals surface area (Å²) in [6, 6.07) is -0.384. The molecule has 0 aromatic carbocycles. The number of hydrogen-bond donors (Lipinski definition) is 1. The summed E-state index contributed by atoms with van der Waals surface area (Å²) in [5.41, 5.74) is 0. The Bertz CT molecular complexity index is 279. The van der Waals surface area contributed by atoms with E-state index in [0.29, 0.717) is 25.7 Å². The van der Waals surface area contributed by atoms with E-state index in [0.717, 1.165) is 6.42 Å². The van der Waals surface area contributed by atoms with Crippen molar-refractivity contribution in [3.63, 3.8) is 0 Å². The maximum Gasteiger partial charge on any atom is 0.242 e. The van der Waals surface area contributed by atoms with Crippen molar-refractivity contribution >= 4 is 11.8 Å². The molecule has 0 aliphatic carbocycles. The van der Waals surface area contributed by atoms with E-state index in [9.17, 15) is 9.59 Å². The molecule has 2 amide bonds. The van der Waals surface area contributed by atoms with Gasteiger partial charge >= 0.3 is 0 Å². The van der Waals surface area contributed by atoms with Gasteiger partial charge in [0.2, 0.25) is 11.8 Å². The van der Waals surface area contributed by atoms with Crippen molar-refractivity contribution in [3.8, 4) is 0 Å². The minimum absolute atomic E-state index is 0.0374.